The van der Waals surface area contributed by atoms with E-state index in [4.69, 9.17) is 5.11 Å². The van der Waals surface area contributed by atoms with Gasteiger partial charge < -0.3 is 20.7 Å². The van der Waals surface area contributed by atoms with Crippen LogP contribution in [-0.2, 0) is 9.59 Å². The highest BCUT2D eigenvalue weighted by atomic mass is 16.4. The van der Waals surface area contributed by atoms with E-state index in [9.17, 15) is 14.4 Å². The van der Waals surface area contributed by atoms with Crippen LogP contribution in [0.2, 0.25) is 0 Å². The van der Waals surface area contributed by atoms with Crippen molar-refractivity contribution in [3.8, 4) is 0 Å². The van der Waals surface area contributed by atoms with E-state index >= 15 is 0 Å². The second kappa shape index (κ2) is 5.15. The molecule has 0 atom stereocenters. The van der Waals surface area contributed by atoms with Gasteiger partial charge in [0.2, 0.25) is 11.8 Å². The van der Waals surface area contributed by atoms with Crippen molar-refractivity contribution in [3.05, 3.63) is 17.5 Å². The highest BCUT2D eigenvalue weighted by Crippen LogP contribution is 2.16. The van der Waals surface area contributed by atoms with Crippen LogP contribution >= 0.6 is 0 Å². The first-order valence-electron chi connectivity index (χ1n) is 4.87. The van der Waals surface area contributed by atoms with E-state index in [0.29, 0.717) is 5.69 Å². The number of hydrogen-bond donors (Lipinski definition) is 4. The minimum Gasteiger partial charge on any atom is -0.477 e. The molecule has 0 spiro atoms. The number of amides is 2. The fraction of sp³-hybridized carbons (Fsp3) is 0.300. The third-order valence-corrected chi connectivity index (χ3v) is 1.94. The van der Waals surface area contributed by atoms with Crippen molar-refractivity contribution in [2.24, 2.45) is 0 Å². The summed E-state index contributed by atoms with van der Waals surface area (Å²) in [4.78, 5) is 35.4. The smallest absolute Gasteiger partial charge is 0.354 e. The van der Waals surface area contributed by atoms with Crippen LogP contribution in [-0.4, -0.2) is 34.4 Å². The van der Waals surface area contributed by atoms with Crippen molar-refractivity contribution in [2.75, 3.05) is 11.9 Å². The molecule has 1 aromatic heterocycles. The average Bonchev–Trinajstić information content (AvgIpc) is 2.56. The molecule has 17 heavy (non-hydrogen) atoms. The van der Waals surface area contributed by atoms with Crippen molar-refractivity contribution in [2.45, 2.75) is 13.8 Å². The van der Waals surface area contributed by atoms with Crippen LogP contribution in [0.3, 0.4) is 0 Å². The largest absolute Gasteiger partial charge is 0.477 e. The number of aromatic carboxylic acids is 1. The number of nitrogens with one attached hydrogen (secondary N) is 3. The summed E-state index contributed by atoms with van der Waals surface area (Å²) in [6.45, 7) is 2.77. The van der Waals surface area contributed by atoms with Gasteiger partial charge in [0.15, 0.2) is 0 Å². The quantitative estimate of drug-likeness (QED) is 0.596. The zero-order valence-corrected chi connectivity index (χ0v) is 9.46. The maximum absolute atomic E-state index is 11.4. The molecule has 2 amide bonds. The Bertz CT molecular complexity index is 464. The van der Waals surface area contributed by atoms with Crippen molar-refractivity contribution in [3.63, 3.8) is 0 Å². The molecule has 4 N–H and O–H groups in total. The number of H-pyrrole nitrogens is 1. The number of aryl methyl sites for hydroxylation is 1. The molecule has 0 aliphatic heterocycles. The molecule has 92 valence electrons. The topological polar surface area (TPSA) is 111 Å². The van der Waals surface area contributed by atoms with Gasteiger partial charge in [-0.25, -0.2) is 4.79 Å². The SMILES string of the molecule is CC(=O)NCC(=O)Nc1cc(C)[nH]c1C(=O)O. The maximum atomic E-state index is 11.4. The van der Waals surface area contributed by atoms with E-state index in [-0.39, 0.29) is 23.8 Å². The fourth-order valence-electron chi connectivity index (χ4n) is 1.26. The van der Waals surface area contributed by atoms with Crippen molar-refractivity contribution in [1.29, 1.82) is 0 Å². The molecule has 0 radical (unpaired) electrons. The number of carbonyl (C=O) groups excluding carboxylic acids is 2. The summed E-state index contributed by atoms with van der Waals surface area (Å²) in [7, 11) is 0. The lowest BCUT2D eigenvalue weighted by atomic mass is 10.3. The van der Waals surface area contributed by atoms with Gasteiger partial charge in [-0.1, -0.05) is 0 Å². The van der Waals surface area contributed by atoms with Gasteiger partial charge in [-0.05, 0) is 13.0 Å². The van der Waals surface area contributed by atoms with E-state index in [1.807, 2.05) is 0 Å². The summed E-state index contributed by atoms with van der Waals surface area (Å²) in [6.07, 6.45) is 0. The number of carboxylic acids is 1. The maximum Gasteiger partial charge on any atom is 0.354 e. The Morgan fingerprint density at radius 1 is 1.41 bits per heavy atom. The number of anilines is 1. The monoisotopic (exact) mass is 239 g/mol. The van der Waals surface area contributed by atoms with Gasteiger partial charge in [-0.15, -0.1) is 0 Å². The van der Waals surface area contributed by atoms with E-state index < -0.39 is 11.9 Å². The second-order valence-corrected chi connectivity index (χ2v) is 3.50. The second-order valence-electron chi connectivity index (χ2n) is 3.50. The highest BCUT2D eigenvalue weighted by molar-refractivity contribution is 6.00. The molecule has 7 heteroatoms. The molecular weight excluding hydrogens is 226 g/mol. The van der Waals surface area contributed by atoms with Gasteiger partial charge in [0.1, 0.15) is 5.69 Å². The van der Waals surface area contributed by atoms with Gasteiger partial charge in [0.05, 0.1) is 12.2 Å². The minimum atomic E-state index is -1.16. The standard InChI is InChI=1S/C10H13N3O4/c1-5-3-7(9(12-5)10(16)17)13-8(15)4-11-6(2)14/h3,12H,4H2,1-2H3,(H,11,14)(H,13,15)(H,16,17). The molecule has 0 saturated heterocycles. The number of carbonyl (C=O) groups is 3. The number of aromatic amines is 1. The number of hydrogen-bond acceptors (Lipinski definition) is 3. The lowest BCUT2D eigenvalue weighted by molar-refractivity contribution is -0.122. The van der Waals surface area contributed by atoms with Crippen LogP contribution < -0.4 is 10.6 Å². The van der Waals surface area contributed by atoms with E-state index in [2.05, 4.69) is 15.6 Å². The third kappa shape index (κ3) is 3.63. The first-order valence-corrected chi connectivity index (χ1v) is 4.87. The lowest BCUT2D eigenvalue weighted by Gasteiger charge is -2.04. The average molecular weight is 239 g/mol. The molecule has 1 heterocycles. The van der Waals surface area contributed by atoms with E-state index in [1.165, 1.54) is 13.0 Å². The Morgan fingerprint density at radius 3 is 2.59 bits per heavy atom. The summed E-state index contributed by atoms with van der Waals surface area (Å²) in [5, 5.41) is 13.6. The van der Waals surface area contributed by atoms with Gasteiger partial charge >= 0.3 is 5.97 Å². The van der Waals surface area contributed by atoms with Crippen molar-refractivity contribution >= 4 is 23.5 Å². The summed E-state index contributed by atoms with van der Waals surface area (Å²) in [6, 6.07) is 1.51. The molecule has 0 bridgehead atoms. The van der Waals surface area contributed by atoms with Crippen LogP contribution in [0.5, 0.6) is 0 Å². The predicted molar refractivity (Wildman–Crippen MR) is 59.8 cm³/mol. The number of rotatable bonds is 4. The zero-order chi connectivity index (χ0) is 13.0. The summed E-state index contributed by atoms with van der Waals surface area (Å²) < 4.78 is 0. The van der Waals surface area contributed by atoms with E-state index in [0.717, 1.165) is 0 Å². The highest BCUT2D eigenvalue weighted by Gasteiger charge is 2.15. The third-order valence-electron chi connectivity index (χ3n) is 1.94. The Balaban J connectivity index is 2.71. The summed E-state index contributed by atoms with van der Waals surface area (Å²) >= 11 is 0. The lowest BCUT2D eigenvalue weighted by Crippen LogP contribution is -2.31. The van der Waals surface area contributed by atoms with Gasteiger partial charge in [-0.3, -0.25) is 9.59 Å². The Labute approximate surface area is 97.2 Å². The molecule has 0 unspecified atom stereocenters. The Morgan fingerprint density at radius 2 is 2.06 bits per heavy atom. The molecule has 1 aromatic rings. The van der Waals surface area contributed by atoms with Crippen molar-refractivity contribution in [1.82, 2.24) is 10.3 Å². The molecular formula is C10H13N3O4. The fourth-order valence-corrected chi connectivity index (χ4v) is 1.26. The van der Waals surface area contributed by atoms with E-state index in [1.54, 1.807) is 6.92 Å². The van der Waals surface area contributed by atoms with Crippen molar-refractivity contribution < 1.29 is 19.5 Å². The predicted octanol–water partition coefficient (Wildman–Crippen LogP) is 0.0959. The van der Waals surface area contributed by atoms with Crippen LogP contribution in [0.25, 0.3) is 0 Å². The first-order chi connectivity index (χ1) is 7.90. The van der Waals surface area contributed by atoms with Crippen LogP contribution in [0.4, 0.5) is 5.69 Å². The van der Waals surface area contributed by atoms with Crippen LogP contribution in [0.1, 0.15) is 23.1 Å². The molecule has 1 rings (SSSR count). The van der Waals surface area contributed by atoms with Crippen LogP contribution in [0, 0.1) is 6.92 Å². The van der Waals surface area contributed by atoms with Crippen LogP contribution in [0.15, 0.2) is 6.07 Å². The summed E-state index contributed by atoms with van der Waals surface area (Å²) in [5.41, 5.74) is 0.723. The van der Waals surface area contributed by atoms with Gasteiger partial charge in [0.25, 0.3) is 0 Å². The van der Waals surface area contributed by atoms with Gasteiger partial charge in [-0.2, -0.15) is 0 Å². The normalized spacial score (nSPS) is 9.76. The van der Waals surface area contributed by atoms with Gasteiger partial charge in [0, 0.05) is 12.6 Å². The molecule has 0 aliphatic carbocycles. The number of carboxylic acid groups (broad SMARTS) is 1. The zero-order valence-electron chi connectivity index (χ0n) is 9.46. The minimum absolute atomic E-state index is 0.0846. The molecule has 0 aromatic carbocycles. The summed E-state index contributed by atoms with van der Waals surface area (Å²) in [5.74, 6) is -1.97. The molecule has 0 aliphatic rings. The molecule has 0 fully saturated rings. The molecule has 0 saturated carbocycles. The first kappa shape index (κ1) is 12.8. The molecule has 7 nitrogen and oxygen atoms in total. The number of aromatic nitrogens is 1. The Kier molecular flexibility index (Phi) is 3.86. The Hall–Kier alpha value is -2.31.